The number of carbonyl (C=O) groups excluding carboxylic acids is 2. The van der Waals surface area contributed by atoms with Gasteiger partial charge in [-0.15, -0.1) is 0 Å². The number of furan rings is 1. The highest BCUT2D eigenvalue weighted by Crippen LogP contribution is 2.31. The Morgan fingerprint density at radius 1 is 0.946 bits per heavy atom. The number of hydrogen-bond donors (Lipinski definition) is 2. The first-order valence-corrected chi connectivity index (χ1v) is 12.3. The van der Waals surface area contributed by atoms with Crippen LogP contribution in [0.2, 0.25) is 0 Å². The summed E-state index contributed by atoms with van der Waals surface area (Å²) in [4.78, 5) is 30.6. The zero-order chi connectivity index (χ0) is 25.8. The Labute approximate surface area is 215 Å². The third kappa shape index (κ3) is 5.21. The predicted octanol–water partition coefficient (Wildman–Crippen LogP) is 5.53. The average molecular weight is 493 g/mol. The van der Waals surface area contributed by atoms with Crippen LogP contribution in [0.15, 0.2) is 88.5 Å². The summed E-state index contributed by atoms with van der Waals surface area (Å²) in [6, 6.07) is 23.0. The lowest BCUT2D eigenvalue weighted by Gasteiger charge is -2.18. The molecular weight excluding hydrogens is 464 g/mol. The van der Waals surface area contributed by atoms with E-state index in [0.717, 1.165) is 28.7 Å². The van der Waals surface area contributed by atoms with Crippen LogP contribution in [0.25, 0.3) is 0 Å². The first kappa shape index (κ1) is 24.2. The van der Waals surface area contributed by atoms with Gasteiger partial charge in [-0.25, -0.2) is 10.4 Å². The van der Waals surface area contributed by atoms with Gasteiger partial charge in [0.1, 0.15) is 11.6 Å². The third-order valence-electron chi connectivity index (χ3n) is 6.52. The summed E-state index contributed by atoms with van der Waals surface area (Å²) in [7, 11) is 0. The maximum Gasteiger partial charge on any atom is 0.292 e. The molecule has 37 heavy (non-hydrogen) atoms. The Kier molecular flexibility index (Phi) is 6.94. The number of aromatic nitrogens is 1. The molecule has 1 aliphatic rings. The fraction of sp³-hybridized carbons (Fsp3) is 0.200. The van der Waals surface area contributed by atoms with Gasteiger partial charge in [0, 0.05) is 23.7 Å². The minimum atomic E-state index is -0.497. The van der Waals surface area contributed by atoms with Gasteiger partial charge in [0.25, 0.3) is 11.8 Å². The Bertz CT molecular complexity index is 1420. The van der Waals surface area contributed by atoms with E-state index in [4.69, 9.17) is 4.42 Å². The second-order valence-corrected chi connectivity index (χ2v) is 9.17. The van der Waals surface area contributed by atoms with Gasteiger partial charge in [-0.05, 0) is 55.5 Å². The number of anilines is 1. The number of nitrogens with zero attached hydrogens (tertiary/aromatic N) is 2. The molecule has 4 aromatic rings. The van der Waals surface area contributed by atoms with Crippen LogP contribution in [0, 0.1) is 13.8 Å². The lowest BCUT2D eigenvalue weighted by Crippen LogP contribution is -2.28. The van der Waals surface area contributed by atoms with Gasteiger partial charge < -0.3 is 9.73 Å². The maximum absolute atomic E-state index is 13.4. The zero-order valence-corrected chi connectivity index (χ0v) is 20.8. The number of hydrogen-bond acceptors (Lipinski definition) is 5. The van der Waals surface area contributed by atoms with Gasteiger partial charge in [0.15, 0.2) is 5.76 Å². The molecule has 0 unspecified atom stereocenters. The van der Waals surface area contributed by atoms with Crippen LogP contribution >= 0.6 is 0 Å². The van der Waals surface area contributed by atoms with Crippen molar-refractivity contribution in [3.63, 3.8) is 0 Å². The summed E-state index contributed by atoms with van der Waals surface area (Å²) in [5.74, 6) is 0.335. The number of fused-ring (bicyclic) bond motifs is 1. The summed E-state index contributed by atoms with van der Waals surface area (Å²) >= 11 is 0. The molecule has 0 spiro atoms. The normalized spacial score (nSPS) is 13.9. The van der Waals surface area contributed by atoms with E-state index < -0.39 is 5.92 Å². The monoisotopic (exact) mass is 492 g/mol. The number of benzene rings is 2. The number of nitrogens with one attached hydrogen (secondary N) is 2. The van der Waals surface area contributed by atoms with Crippen LogP contribution in [0.4, 0.5) is 5.82 Å². The van der Waals surface area contributed by atoms with Gasteiger partial charge in [-0.3, -0.25) is 9.59 Å². The molecule has 2 heterocycles. The van der Waals surface area contributed by atoms with Crippen molar-refractivity contribution in [2.45, 2.75) is 39.0 Å². The summed E-state index contributed by atoms with van der Waals surface area (Å²) in [6.45, 7) is 3.78. The second kappa shape index (κ2) is 10.6. The Hall–Kier alpha value is -4.52. The fourth-order valence-electron chi connectivity index (χ4n) is 4.75. The topological polar surface area (TPSA) is 96.6 Å². The van der Waals surface area contributed by atoms with E-state index in [2.05, 4.69) is 20.8 Å². The number of carbonyl (C=O) groups is 2. The maximum atomic E-state index is 13.4. The van der Waals surface area contributed by atoms with Crippen molar-refractivity contribution in [3.8, 4) is 0 Å². The van der Waals surface area contributed by atoms with E-state index in [1.165, 1.54) is 0 Å². The smallest absolute Gasteiger partial charge is 0.292 e. The third-order valence-corrected chi connectivity index (χ3v) is 6.52. The first-order chi connectivity index (χ1) is 18.0. The van der Waals surface area contributed by atoms with Crippen LogP contribution in [0.3, 0.4) is 0 Å². The van der Waals surface area contributed by atoms with Gasteiger partial charge in [-0.1, -0.05) is 60.7 Å². The molecule has 0 atom stereocenters. The summed E-state index contributed by atoms with van der Waals surface area (Å²) in [6.07, 6.45) is 3.85. The minimum absolute atomic E-state index is 0.221. The molecule has 0 radical (unpaired) electrons. The Morgan fingerprint density at radius 3 is 2.27 bits per heavy atom. The van der Waals surface area contributed by atoms with Crippen molar-refractivity contribution in [1.82, 2.24) is 10.4 Å². The number of rotatable bonds is 6. The molecule has 2 aromatic heterocycles. The lowest BCUT2D eigenvalue weighted by molar-refractivity contribution is -0.121. The van der Waals surface area contributed by atoms with E-state index in [0.29, 0.717) is 35.7 Å². The molecule has 2 N–H and O–H groups in total. The van der Waals surface area contributed by atoms with Gasteiger partial charge in [0.2, 0.25) is 0 Å². The average Bonchev–Trinajstić information content (AvgIpc) is 3.26. The molecule has 1 aliphatic carbocycles. The number of hydrazone groups is 1. The SMILES string of the molecule is Cc1ccnc(NC(=O)c2oc3c(c2C)/C(=N/NC(=O)C(c2ccccc2)c2ccccc2)CCC3)c1. The predicted molar refractivity (Wildman–Crippen MR) is 143 cm³/mol. The zero-order valence-electron chi connectivity index (χ0n) is 20.8. The first-order valence-electron chi connectivity index (χ1n) is 12.3. The Morgan fingerprint density at radius 2 is 1.62 bits per heavy atom. The van der Waals surface area contributed by atoms with Crippen LogP contribution in [0.1, 0.15) is 62.9 Å². The van der Waals surface area contributed by atoms with E-state index in [1.54, 1.807) is 12.3 Å². The quantitative estimate of drug-likeness (QED) is 0.346. The van der Waals surface area contributed by atoms with Crippen molar-refractivity contribution >= 4 is 23.3 Å². The van der Waals surface area contributed by atoms with Crippen molar-refractivity contribution in [2.24, 2.45) is 5.10 Å². The summed E-state index contributed by atoms with van der Waals surface area (Å²) in [5, 5.41) is 7.35. The van der Waals surface area contributed by atoms with Crippen LogP contribution < -0.4 is 10.7 Å². The highest BCUT2D eigenvalue weighted by molar-refractivity contribution is 6.09. The summed E-state index contributed by atoms with van der Waals surface area (Å²) < 4.78 is 5.99. The van der Waals surface area contributed by atoms with Gasteiger partial charge >= 0.3 is 0 Å². The van der Waals surface area contributed by atoms with E-state index >= 15 is 0 Å². The molecule has 0 saturated carbocycles. The largest absolute Gasteiger partial charge is 0.455 e. The van der Waals surface area contributed by atoms with Crippen molar-refractivity contribution in [1.29, 1.82) is 0 Å². The molecular formula is C30H28N4O3. The molecule has 0 bridgehead atoms. The molecule has 7 nitrogen and oxygen atoms in total. The highest BCUT2D eigenvalue weighted by Gasteiger charge is 2.29. The summed E-state index contributed by atoms with van der Waals surface area (Å²) in [5.41, 5.74) is 7.78. The van der Waals surface area contributed by atoms with Crippen LogP contribution in [0.5, 0.6) is 0 Å². The molecule has 2 aromatic carbocycles. The number of amides is 2. The standard InChI is InChI=1S/C30H28N4O3/c1-19-16-17-31-25(18-19)32-30(36)28-20(2)26-23(14-9-15-24(26)37-28)33-34-29(35)27(21-10-5-3-6-11-21)22-12-7-4-8-13-22/h3-8,10-13,16-18,27H,9,14-15H2,1-2H3,(H,34,35)(H,31,32,36)/b33-23+. The van der Waals surface area contributed by atoms with E-state index in [-0.39, 0.29) is 17.6 Å². The van der Waals surface area contributed by atoms with Crippen LogP contribution in [-0.2, 0) is 11.2 Å². The Balaban J connectivity index is 1.40. The second-order valence-electron chi connectivity index (χ2n) is 9.17. The molecule has 7 heteroatoms. The minimum Gasteiger partial charge on any atom is -0.455 e. The van der Waals surface area contributed by atoms with E-state index in [9.17, 15) is 9.59 Å². The van der Waals surface area contributed by atoms with Crippen molar-refractivity contribution < 1.29 is 14.0 Å². The lowest BCUT2D eigenvalue weighted by atomic mass is 9.90. The molecule has 186 valence electrons. The van der Waals surface area contributed by atoms with E-state index in [1.807, 2.05) is 80.6 Å². The molecule has 0 fully saturated rings. The fourth-order valence-corrected chi connectivity index (χ4v) is 4.75. The number of pyridine rings is 1. The highest BCUT2D eigenvalue weighted by atomic mass is 16.4. The van der Waals surface area contributed by atoms with Crippen molar-refractivity contribution in [3.05, 3.63) is 118 Å². The van der Waals surface area contributed by atoms with Gasteiger partial charge in [0.05, 0.1) is 11.6 Å². The molecule has 0 saturated heterocycles. The number of aryl methyl sites for hydroxylation is 2. The molecule has 2 amide bonds. The van der Waals surface area contributed by atoms with Crippen molar-refractivity contribution in [2.75, 3.05) is 5.32 Å². The molecule has 5 rings (SSSR count). The molecule has 0 aliphatic heterocycles. The van der Waals surface area contributed by atoms with Gasteiger partial charge in [-0.2, -0.15) is 5.10 Å². The van der Waals surface area contributed by atoms with Crippen LogP contribution in [-0.4, -0.2) is 22.5 Å².